The van der Waals surface area contributed by atoms with Gasteiger partial charge in [0.15, 0.2) is 5.84 Å². The normalized spacial score (nSPS) is 11.4. The molecule has 0 saturated heterocycles. The average Bonchev–Trinajstić information content (AvgIpc) is 2.50. The second-order valence-corrected chi connectivity index (χ2v) is 4.09. The van der Waals surface area contributed by atoms with E-state index in [0.29, 0.717) is 23.6 Å². The second kappa shape index (κ2) is 6.01. The molecule has 1 aromatic carbocycles. The molecule has 3 N–H and O–H groups in total. The van der Waals surface area contributed by atoms with E-state index in [4.69, 9.17) is 10.9 Å². The Labute approximate surface area is 116 Å². The van der Waals surface area contributed by atoms with Crippen LogP contribution in [0.15, 0.2) is 47.8 Å². The van der Waals surface area contributed by atoms with Crippen molar-refractivity contribution in [2.45, 2.75) is 6.92 Å². The number of hydrogen-bond acceptors (Lipinski definition) is 4. The van der Waals surface area contributed by atoms with Gasteiger partial charge in [0.25, 0.3) is 0 Å². The van der Waals surface area contributed by atoms with E-state index in [9.17, 15) is 4.39 Å². The summed E-state index contributed by atoms with van der Waals surface area (Å²) in [6.45, 7) is 2.47. The molecule has 6 heteroatoms. The zero-order chi connectivity index (χ0) is 14.5. The van der Waals surface area contributed by atoms with Gasteiger partial charge in [-0.15, -0.1) is 0 Å². The Balaban J connectivity index is 2.36. The van der Waals surface area contributed by atoms with Gasteiger partial charge in [0.05, 0.1) is 5.69 Å². The zero-order valence-electron chi connectivity index (χ0n) is 11.0. The standard InChI is InChI=1S/C14H15FN4O/c1-2-19(12-6-4-3-5-11(12)15)13-8-7-10(9-17-13)14(16)18-20/h3-9,20H,2H2,1H3,(H2,16,18). The average molecular weight is 274 g/mol. The predicted octanol–water partition coefficient (Wildman–Crippen LogP) is 2.47. The third-order valence-corrected chi connectivity index (χ3v) is 2.89. The van der Waals surface area contributed by atoms with Gasteiger partial charge in [0, 0.05) is 18.3 Å². The summed E-state index contributed by atoms with van der Waals surface area (Å²) in [6, 6.07) is 9.87. The Bertz CT molecular complexity index is 613. The summed E-state index contributed by atoms with van der Waals surface area (Å²) >= 11 is 0. The van der Waals surface area contributed by atoms with Crippen molar-refractivity contribution in [2.24, 2.45) is 10.9 Å². The maximum absolute atomic E-state index is 13.8. The van der Waals surface area contributed by atoms with E-state index in [2.05, 4.69) is 10.1 Å². The van der Waals surface area contributed by atoms with Crippen LogP contribution in [0, 0.1) is 5.82 Å². The smallest absolute Gasteiger partial charge is 0.171 e. The first-order valence-corrected chi connectivity index (χ1v) is 6.13. The number of amidine groups is 1. The van der Waals surface area contributed by atoms with Crippen molar-refractivity contribution in [3.8, 4) is 0 Å². The summed E-state index contributed by atoms with van der Waals surface area (Å²) in [5, 5.41) is 11.5. The molecule has 0 amide bonds. The SMILES string of the molecule is CCN(c1ccc(C(N)=NO)cn1)c1ccccc1F. The molecule has 1 heterocycles. The van der Waals surface area contributed by atoms with Crippen molar-refractivity contribution in [1.29, 1.82) is 0 Å². The highest BCUT2D eigenvalue weighted by Gasteiger charge is 2.12. The molecule has 0 unspecified atom stereocenters. The minimum atomic E-state index is -0.309. The molecule has 0 radical (unpaired) electrons. The molecule has 0 atom stereocenters. The molecule has 1 aromatic heterocycles. The molecule has 0 saturated carbocycles. The molecule has 0 aliphatic rings. The maximum atomic E-state index is 13.8. The fourth-order valence-corrected chi connectivity index (χ4v) is 1.88. The summed E-state index contributed by atoms with van der Waals surface area (Å²) in [7, 11) is 0. The minimum Gasteiger partial charge on any atom is -0.409 e. The summed E-state index contributed by atoms with van der Waals surface area (Å²) in [4.78, 5) is 5.97. The Kier molecular flexibility index (Phi) is 4.14. The fraction of sp³-hybridized carbons (Fsp3) is 0.143. The summed E-state index contributed by atoms with van der Waals surface area (Å²) in [6.07, 6.45) is 1.48. The molecule has 104 valence electrons. The van der Waals surface area contributed by atoms with Crippen LogP contribution in [0.25, 0.3) is 0 Å². The number of para-hydroxylation sites is 1. The second-order valence-electron chi connectivity index (χ2n) is 4.09. The van der Waals surface area contributed by atoms with Crippen molar-refractivity contribution in [3.63, 3.8) is 0 Å². The van der Waals surface area contributed by atoms with E-state index in [0.717, 1.165) is 0 Å². The number of nitrogens with two attached hydrogens (primary N) is 1. The number of hydrogen-bond donors (Lipinski definition) is 2. The number of rotatable bonds is 4. The van der Waals surface area contributed by atoms with Gasteiger partial charge in [0.2, 0.25) is 0 Å². The number of benzene rings is 1. The van der Waals surface area contributed by atoms with Crippen LogP contribution < -0.4 is 10.6 Å². The largest absolute Gasteiger partial charge is 0.409 e. The van der Waals surface area contributed by atoms with Gasteiger partial charge in [-0.2, -0.15) is 0 Å². The van der Waals surface area contributed by atoms with Crippen molar-refractivity contribution in [3.05, 3.63) is 54.0 Å². The first kappa shape index (κ1) is 13.8. The highest BCUT2D eigenvalue weighted by molar-refractivity contribution is 5.96. The summed E-state index contributed by atoms with van der Waals surface area (Å²) in [5.41, 5.74) is 6.43. The first-order valence-electron chi connectivity index (χ1n) is 6.13. The van der Waals surface area contributed by atoms with Gasteiger partial charge in [-0.25, -0.2) is 9.37 Å². The lowest BCUT2D eigenvalue weighted by Crippen LogP contribution is -2.19. The molecule has 2 rings (SSSR count). The van der Waals surface area contributed by atoms with E-state index in [1.54, 1.807) is 35.2 Å². The molecule has 2 aromatic rings. The molecular weight excluding hydrogens is 259 g/mol. The van der Waals surface area contributed by atoms with Crippen LogP contribution in [0.4, 0.5) is 15.9 Å². The van der Waals surface area contributed by atoms with Gasteiger partial charge in [-0.05, 0) is 31.2 Å². The Morgan fingerprint density at radius 1 is 1.35 bits per heavy atom. The zero-order valence-corrected chi connectivity index (χ0v) is 11.0. The molecule has 0 aliphatic heterocycles. The van der Waals surface area contributed by atoms with Gasteiger partial charge in [-0.1, -0.05) is 17.3 Å². The molecule has 0 fully saturated rings. The Hall–Kier alpha value is -2.63. The first-order chi connectivity index (χ1) is 9.67. The molecule has 0 spiro atoms. The number of pyridine rings is 1. The van der Waals surface area contributed by atoms with Crippen LogP contribution in [0.3, 0.4) is 0 Å². The number of halogens is 1. The van der Waals surface area contributed by atoms with Crippen molar-refractivity contribution < 1.29 is 9.60 Å². The Morgan fingerprint density at radius 3 is 2.65 bits per heavy atom. The van der Waals surface area contributed by atoms with Crippen LogP contribution in [-0.4, -0.2) is 22.6 Å². The fourth-order valence-electron chi connectivity index (χ4n) is 1.88. The highest BCUT2D eigenvalue weighted by atomic mass is 19.1. The van der Waals surface area contributed by atoms with Gasteiger partial charge < -0.3 is 15.8 Å². The number of nitrogens with zero attached hydrogens (tertiary/aromatic N) is 3. The lowest BCUT2D eigenvalue weighted by Gasteiger charge is -2.22. The molecular formula is C14H15FN4O. The lowest BCUT2D eigenvalue weighted by molar-refractivity contribution is 0.318. The van der Waals surface area contributed by atoms with E-state index in [1.165, 1.54) is 12.3 Å². The van der Waals surface area contributed by atoms with Crippen molar-refractivity contribution >= 4 is 17.3 Å². The van der Waals surface area contributed by atoms with E-state index in [-0.39, 0.29) is 11.7 Å². The molecule has 0 aliphatic carbocycles. The third-order valence-electron chi connectivity index (χ3n) is 2.89. The monoisotopic (exact) mass is 274 g/mol. The predicted molar refractivity (Wildman–Crippen MR) is 75.8 cm³/mol. The van der Waals surface area contributed by atoms with E-state index >= 15 is 0 Å². The number of oxime groups is 1. The van der Waals surface area contributed by atoms with E-state index < -0.39 is 0 Å². The molecule has 0 bridgehead atoms. The van der Waals surface area contributed by atoms with E-state index in [1.807, 2.05) is 6.92 Å². The van der Waals surface area contributed by atoms with Crippen LogP contribution >= 0.6 is 0 Å². The highest BCUT2D eigenvalue weighted by Crippen LogP contribution is 2.25. The van der Waals surface area contributed by atoms with Crippen molar-refractivity contribution in [2.75, 3.05) is 11.4 Å². The minimum absolute atomic E-state index is 0.0157. The van der Waals surface area contributed by atoms with Crippen LogP contribution in [-0.2, 0) is 0 Å². The number of aromatic nitrogens is 1. The quantitative estimate of drug-likeness (QED) is 0.389. The van der Waals surface area contributed by atoms with Gasteiger partial charge in [0.1, 0.15) is 11.6 Å². The van der Waals surface area contributed by atoms with Gasteiger partial charge >= 0.3 is 0 Å². The summed E-state index contributed by atoms with van der Waals surface area (Å²) < 4.78 is 13.8. The van der Waals surface area contributed by atoms with Crippen LogP contribution in [0.2, 0.25) is 0 Å². The van der Waals surface area contributed by atoms with Gasteiger partial charge in [-0.3, -0.25) is 0 Å². The topological polar surface area (TPSA) is 74.7 Å². The maximum Gasteiger partial charge on any atom is 0.171 e. The van der Waals surface area contributed by atoms with Crippen LogP contribution in [0.5, 0.6) is 0 Å². The van der Waals surface area contributed by atoms with Crippen molar-refractivity contribution in [1.82, 2.24) is 4.98 Å². The number of anilines is 2. The summed E-state index contributed by atoms with van der Waals surface area (Å²) in [5.74, 6) is 0.266. The molecule has 5 nitrogen and oxygen atoms in total. The third kappa shape index (κ3) is 2.69. The lowest BCUT2D eigenvalue weighted by atomic mass is 10.2. The Morgan fingerprint density at radius 2 is 2.10 bits per heavy atom. The van der Waals surface area contributed by atoms with Crippen LogP contribution in [0.1, 0.15) is 12.5 Å². The molecule has 20 heavy (non-hydrogen) atoms.